The van der Waals surface area contributed by atoms with Crippen molar-refractivity contribution in [3.05, 3.63) is 54.1 Å². The normalized spacial score (nSPS) is 17.8. The van der Waals surface area contributed by atoms with Gasteiger partial charge in [0.05, 0.1) is 11.4 Å². The van der Waals surface area contributed by atoms with Gasteiger partial charge < -0.3 is 16.0 Å². The smallest absolute Gasteiger partial charge is 0.255 e. The highest BCUT2D eigenvalue weighted by molar-refractivity contribution is 6.04. The minimum atomic E-state index is -0.121. The van der Waals surface area contributed by atoms with E-state index in [1.807, 2.05) is 36.4 Å². The van der Waals surface area contributed by atoms with Crippen LogP contribution in [0.25, 0.3) is 0 Å². The number of nitrogens with zero attached hydrogens (tertiary/aromatic N) is 1. The van der Waals surface area contributed by atoms with Gasteiger partial charge in [0.1, 0.15) is 0 Å². The Morgan fingerprint density at radius 1 is 1.17 bits per heavy atom. The van der Waals surface area contributed by atoms with Crippen LogP contribution in [0, 0.1) is 0 Å². The van der Waals surface area contributed by atoms with E-state index in [1.54, 1.807) is 12.1 Å². The average Bonchev–Trinajstić information content (AvgIpc) is 2.57. The standard InChI is InChI=1S/C19H23N3O/c1-14-7-5-6-12-22(14)18-11-10-16(13-17(18)20)21-19(23)15-8-3-2-4-9-15/h2-4,8-11,13-14H,5-7,12,20H2,1H3,(H,21,23). The number of rotatable bonds is 3. The van der Waals surface area contributed by atoms with Crippen LogP contribution in [-0.2, 0) is 0 Å². The summed E-state index contributed by atoms with van der Waals surface area (Å²) in [6.45, 7) is 3.28. The molecule has 23 heavy (non-hydrogen) atoms. The molecule has 2 aromatic carbocycles. The third kappa shape index (κ3) is 3.47. The fourth-order valence-electron chi connectivity index (χ4n) is 3.14. The summed E-state index contributed by atoms with van der Waals surface area (Å²) in [5.41, 5.74) is 9.38. The van der Waals surface area contributed by atoms with Crippen LogP contribution in [0.2, 0.25) is 0 Å². The molecule has 120 valence electrons. The lowest BCUT2D eigenvalue weighted by Gasteiger charge is -2.36. The van der Waals surface area contributed by atoms with Gasteiger partial charge in [-0.15, -0.1) is 0 Å². The van der Waals surface area contributed by atoms with Gasteiger partial charge in [0.2, 0.25) is 0 Å². The van der Waals surface area contributed by atoms with Crippen LogP contribution >= 0.6 is 0 Å². The molecule has 1 fully saturated rings. The first kappa shape index (κ1) is 15.4. The maximum Gasteiger partial charge on any atom is 0.255 e. The predicted molar refractivity (Wildman–Crippen MR) is 95.9 cm³/mol. The Balaban J connectivity index is 1.75. The van der Waals surface area contributed by atoms with Crippen LogP contribution in [0.15, 0.2) is 48.5 Å². The zero-order valence-corrected chi connectivity index (χ0v) is 13.5. The van der Waals surface area contributed by atoms with Gasteiger partial charge in [-0.1, -0.05) is 18.2 Å². The largest absolute Gasteiger partial charge is 0.397 e. The molecule has 1 saturated heterocycles. The van der Waals surface area contributed by atoms with Gasteiger partial charge in [0.25, 0.3) is 5.91 Å². The summed E-state index contributed by atoms with van der Waals surface area (Å²) in [6, 6.07) is 15.5. The molecule has 1 aliphatic heterocycles. The molecule has 0 bridgehead atoms. The molecular formula is C19H23N3O. The summed E-state index contributed by atoms with van der Waals surface area (Å²) in [7, 11) is 0. The fourth-order valence-corrected chi connectivity index (χ4v) is 3.14. The van der Waals surface area contributed by atoms with E-state index in [4.69, 9.17) is 5.73 Å². The number of benzene rings is 2. The summed E-state index contributed by atoms with van der Waals surface area (Å²) in [6.07, 6.45) is 3.69. The number of hydrogen-bond donors (Lipinski definition) is 2. The lowest BCUT2D eigenvalue weighted by Crippen LogP contribution is -2.37. The number of anilines is 3. The molecule has 0 saturated carbocycles. The fraction of sp³-hybridized carbons (Fsp3) is 0.316. The predicted octanol–water partition coefficient (Wildman–Crippen LogP) is 3.90. The molecule has 2 aromatic rings. The Morgan fingerprint density at radius 3 is 2.65 bits per heavy atom. The van der Waals surface area contributed by atoms with Crippen molar-refractivity contribution in [2.45, 2.75) is 32.2 Å². The Morgan fingerprint density at radius 2 is 1.96 bits per heavy atom. The Labute approximate surface area is 137 Å². The zero-order valence-electron chi connectivity index (χ0n) is 13.5. The van der Waals surface area contributed by atoms with Crippen molar-refractivity contribution in [3.8, 4) is 0 Å². The number of carbonyl (C=O) groups excluding carboxylic acids is 1. The van der Waals surface area contributed by atoms with Crippen molar-refractivity contribution in [1.82, 2.24) is 0 Å². The SMILES string of the molecule is CC1CCCCN1c1ccc(NC(=O)c2ccccc2)cc1N. The molecule has 1 unspecified atom stereocenters. The maximum atomic E-state index is 12.2. The van der Waals surface area contributed by atoms with E-state index >= 15 is 0 Å². The number of amides is 1. The van der Waals surface area contributed by atoms with Crippen LogP contribution in [-0.4, -0.2) is 18.5 Å². The lowest BCUT2D eigenvalue weighted by atomic mass is 10.0. The number of carbonyl (C=O) groups is 1. The van der Waals surface area contributed by atoms with Crippen molar-refractivity contribution in [2.24, 2.45) is 0 Å². The average molecular weight is 309 g/mol. The third-order valence-corrected chi connectivity index (χ3v) is 4.43. The molecule has 0 aliphatic carbocycles. The van der Waals surface area contributed by atoms with E-state index in [-0.39, 0.29) is 5.91 Å². The topological polar surface area (TPSA) is 58.4 Å². The van der Waals surface area contributed by atoms with E-state index < -0.39 is 0 Å². The van der Waals surface area contributed by atoms with Crippen molar-refractivity contribution in [2.75, 3.05) is 22.5 Å². The van der Waals surface area contributed by atoms with Gasteiger partial charge in [-0.25, -0.2) is 0 Å². The second kappa shape index (κ2) is 6.73. The van der Waals surface area contributed by atoms with Gasteiger partial charge in [-0.05, 0) is 56.5 Å². The van der Waals surface area contributed by atoms with E-state index in [0.717, 1.165) is 17.9 Å². The number of nitrogens with one attached hydrogen (secondary N) is 1. The molecule has 3 N–H and O–H groups in total. The minimum absolute atomic E-state index is 0.121. The summed E-state index contributed by atoms with van der Waals surface area (Å²) in [5, 5.41) is 2.90. The first-order valence-electron chi connectivity index (χ1n) is 8.18. The van der Waals surface area contributed by atoms with E-state index in [2.05, 4.69) is 17.1 Å². The third-order valence-electron chi connectivity index (χ3n) is 4.43. The Bertz CT molecular complexity index is 684. The van der Waals surface area contributed by atoms with Crippen LogP contribution in [0.1, 0.15) is 36.5 Å². The van der Waals surface area contributed by atoms with Crippen molar-refractivity contribution < 1.29 is 4.79 Å². The molecule has 1 atom stereocenters. The molecular weight excluding hydrogens is 286 g/mol. The molecule has 4 heteroatoms. The van der Waals surface area contributed by atoms with Crippen molar-refractivity contribution >= 4 is 23.0 Å². The van der Waals surface area contributed by atoms with Gasteiger partial charge in [-0.3, -0.25) is 4.79 Å². The minimum Gasteiger partial charge on any atom is -0.397 e. The van der Waals surface area contributed by atoms with Gasteiger partial charge in [-0.2, -0.15) is 0 Å². The van der Waals surface area contributed by atoms with Crippen LogP contribution in [0.3, 0.4) is 0 Å². The first-order chi connectivity index (χ1) is 11.1. The summed E-state index contributed by atoms with van der Waals surface area (Å²) in [5.74, 6) is -0.121. The molecule has 0 aromatic heterocycles. The highest BCUT2D eigenvalue weighted by Gasteiger charge is 2.20. The Hall–Kier alpha value is -2.49. The van der Waals surface area contributed by atoms with E-state index in [9.17, 15) is 4.79 Å². The van der Waals surface area contributed by atoms with Crippen molar-refractivity contribution in [1.29, 1.82) is 0 Å². The zero-order chi connectivity index (χ0) is 16.2. The lowest BCUT2D eigenvalue weighted by molar-refractivity contribution is 0.102. The quantitative estimate of drug-likeness (QED) is 0.845. The molecule has 0 radical (unpaired) electrons. The molecule has 4 nitrogen and oxygen atoms in total. The summed E-state index contributed by atoms with van der Waals surface area (Å²) >= 11 is 0. The van der Waals surface area contributed by atoms with Crippen LogP contribution in [0.5, 0.6) is 0 Å². The molecule has 3 rings (SSSR count). The number of hydrogen-bond acceptors (Lipinski definition) is 3. The van der Waals surface area contributed by atoms with Crippen LogP contribution < -0.4 is 16.0 Å². The van der Waals surface area contributed by atoms with E-state index in [0.29, 0.717) is 17.3 Å². The number of nitrogens with two attached hydrogens (primary N) is 1. The molecule has 1 aliphatic rings. The van der Waals surface area contributed by atoms with Gasteiger partial charge >= 0.3 is 0 Å². The monoisotopic (exact) mass is 309 g/mol. The first-order valence-corrected chi connectivity index (χ1v) is 8.18. The molecule has 1 amide bonds. The highest BCUT2D eigenvalue weighted by atomic mass is 16.1. The summed E-state index contributed by atoms with van der Waals surface area (Å²) in [4.78, 5) is 14.6. The van der Waals surface area contributed by atoms with Crippen LogP contribution in [0.4, 0.5) is 17.1 Å². The Kier molecular flexibility index (Phi) is 4.51. The molecule has 1 heterocycles. The number of piperidine rings is 1. The maximum absolute atomic E-state index is 12.2. The van der Waals surface area contributed by atoms with Crippen molar-refractivity contribution in [3.63, 3.8) is 0 Å². The van der Waals surface area contributed by atoms with Gasteiger partial charge in [0, 0.05) is 23.8 Å². The molecule has 0 spiro atoms. The van der Waals surface area contributed by atoms with E-state index in [1.165, 1.54) is 19.3 Å². The second-order valence-electron chi connectivity index (χ2n) is 6.13. The number of nitrogen functional groups attached to an aromatic ring is 1. The van der Waals surface area contributed by atoms with Gasteiger partial charge in [0.15, 0.2) is 0 Å². The highest BCUT2D eigenvalue weighted by Crippen LogP contribution is 2.31. The second-order valence-corrected chi connectivity index (χ2v) is 6.13. The summed E-state index contributed by atoms with van der Waals surface area (Å²) < 4.78 is 0.